The first-order valence-electron chi connectivity index (χ1n) is 6.41. The van der Waals surface area contributed by atoms with Crippen LogP contribution in [0.1, 0.15) is 29.8 Å². The lowest BCUT2D eigenvalue weighted by molar-refractivity contribution is 0.100. The lowest BCUT2D eigenvalue weighted by Gasteiger charge is -2.36. The zero-order valence-electron chi connectivity index (χ0n) is 11.4. The summed E-state index contributed by atoms with van der Waals surface area (Å²) in [6.07, 6.45) is 0. The van der Waals surface area contributed by atoms with E-state index in [4.69, 9.17) is 5.73 Å². The molecule has 106 valence electrons. The number of carbonyl (C=O) groups excluding carboxylic acids is 1. The van der Waals surface area contributed by atoms with E-state index in [1.54, 1.807) is 12.1 Å². The minimum atomic E-state index is -0.369. The fourth-order valence-electron chi connectivity index (χ4n) is 2.60. The van der Waals surface area contributed by atoms with Crippen LogP contribution in [-0.4, -0.2) is 36.0 Å². The number of carbonyl (C=O) groups is 1. The third kappa shape index (κ3) is 4.49. The fourth-order valence-corrected chi connectivity index (χ4v) is 2.60. The van der Waals surface area contributed by atoms with Crippen LogP contribution in [0.3, 0.4) is 0 Å². The van der Waals surface area contributed by atoms with Gasteiger partial charge >= 0.3 is 0 Å². The molecule has 5 heteroatoms. The van der Waals surface area contributed by atoms with Gasteiger partial charge in [0.15, 0.2) is 0 Å². The van der Waals surface area contributed by atoms with E-state index in [9.17, 15) is 4.79 Å². The number of benzene rings is 1. The van der Waals surface area contributed by atoms with Gasteiger partial charge in [0, 0.05) is 37.3 Å². The number of nitrogens with one attached hydrogen (secondary N) is 1. The second-order valence-corrected chi connectivity index (χ2v) is 5.22. The third-order valence-electron chi connectivity index (χ3n) is 3.28. The summed E-state index contributed by atoms with van der Waals surface area (Å²) in [7, 11) is 0. The lowest BCUT2D eigenvalue weighted by atomic mass is 10.1. The standard InChI is InChI=1S/C14H21N3O.ClH/c1-10-7-17(8-11(2)16-10)9-12-3-5-13(6-4-12)14(15)18;/h3-6,10-11,16H,7-9H2,1-2H3,(H2,15,18);1H. The van der Waals surface area contributed by atoms with Crippen LogP contribution in [0.25, 0.3) is 0 Å². The predicted molar refractivity (Wildman–Crippen MR) is 79.5 cm³/mol. The van der Waals surface area contributed by atoms with E-state index in [2.05, 4.69) is 24.1 Å². The molecule has 1 aliphatic rings. The maximum absolute atomic E-state index is 11.0. The minimum absolute atomic E-state index is 0. The molecule has 2 rings (SSSR count). The van der Waals surface area contributed by atoms with Crippen LogP contribution in [-0.2, 0) is 6.54 Å². The molecule has 1 aliphatic heterocycles. The second kappa shape index (κ2) is 6.89. The number of nitrogens with zero attached hydrogens (tertiary/aromatic N) is 1. The van der Waals surface area contributed by atoms with E-state index in [0.29, 0.717) is 17.6 Å². The molecule has 2 atom stereocenters. The highest BCUT2D eigenvalue weighted by Crippen LogP contribution is 2.11. The van der Waals surface area contributed by atoms with Gasteiger partial charge in [-0.15, -0.1) is 12.4 Å². The maximum atomic E-state index is 11.0. The van der Waals surface area contributed by atoms with Crippen LogP contribution in [0.15, 0.2) is 24.3 Å². The molecule has 1 fully saturated rings. The van der Waals surface area contributed by atoms with Gasteiger partial charge in [0.05, 0.1) is 0 Å². The molecule has 1 aromatic rings. The van der Waals surface area contributed by atoms with E-state index in [0.717, 1.165) is 19.6 Å². The van der Waals surface area contributed by atoms with Gasteiger partial charge in [-0.3, -0.25) is 9.69 Å². The number of rotatable bonds is 3. The molecule has 0 saturated carbocycles. The zero-order valence-corrected chi connectivity index (χ0v) is 12.2. The molecule has 4 nitrogen and oxygen atoms in total. The van der Waals surface area contributed by atoms with Crippen molar-refractivity contribution in [2.24, 2.45) is 5.73 Å². The lowest BCUT2D eigenvalue weighted by Crippen LogP contribution is -2.53. The number of halogens is 1. The van der Waals surface area contributed by atoms with Gasteiger partial charge in [0.2, 0.25) is 5.91 Å². The molecular formula is C14H22ClN3O. The van der Waals surface area contributed by atoms with Crippen molar-refractivity contribution in [3.8, 4) is 0 Å². The molecule has 1 amide bonds. The van der Waals surface area contributed by atoms with E-state index in [-0.39, 0.29) is 18.3 Å². The van der Waals surface area contributed by atoms with Crippen LogP contribution >= 0.6 is 12.4 Å². The van der Waals surface area contributed by atoms with Crippen LogP contribution < -0.4 is 11.1 Å². The Labute approximate surface area is 120 Å². The zero-order chi connectivity index (χ0) is 13.1. The fraction of sp³-hybridized carbons (Fsp3) is 0.500. The molecule has 3 N–H and O–H groups in total. The van der Waals surface area contributed by atoms with Gasteiger partial charge in [0.1, 0.15) is 0 Å². The van der Waals surface area contributed by atoms with Gasteiger partial charge in [-0.1, -0.05) is 12.1 Å². The summed E-state index contributed by atoms with van der Waals surface area (Å²) in [6.45, 7) is 7.46. The van der Waals surface area contributed by atoms with Crippen molar-refractivity contribution < 1.29 is 4.79 Å². The van der Waals surface area contributed by atoms with Gasteiger partial charge in [-0.25, -0.2) is 0 Å². The molecule has 0 aromatic heterocycles. The predicted octanol–water partition coefficient (Wildman–Crippen LogP) is 1.39. The largest absolute Gasteiger partial charge is 0.366 e. The molecule has 1 saturated heterocycles. The van der Waals surface area contributed by atoms with Crippen molar-refractivity contribution in [3.05, 3.63) is 35.4 Å². The topological polar surface area (TPSA) is 58.4 Å². The first-order chi connectivity index (χ1) is 8.54. The second-order valence-electron chi connectivity index (χ2n) is 5.22. The van der Waals surface area contributed by atoms with Gasteiger partial charge in [-0.05, 0) is 31.5 Å². The highest BCUT2D eigenvalue weighted by molar-refractivity contribution is 5.92. The summed E-state index contributed by atoms with van der Waals surface area (Å²) in [5, 5.41) is 3.52. The Morgan fingerprint density at radius 2 is 1.79 bits per heavy atom. The maximum Gasteiger partial charge on any atom is 0.248 e. The summed E-state index contributed by atoms with van der Waals surface area (Å²) >= 11 is 0. The van der Waals surface area contributed by atoms with Gasteiger partial charge in [0.25, 0.3) is 0 Å². The number of piperazine rings is 1. The average Bonchev–Trinajstić information content (AvgIpc) is 2.28. The Morgan fingerprint density at radius 1 is 1.26 bits per heavy atom. The molecule has 0 radical (unpaired) electrons. The minimum Gasteiger partial charge on any atom is -0.366 e. The number of amides is 1. The Hall–Kier alpha value is -1.10. The molecule has 0 aliphatic carbocycles. The van der Waals surface area contributed by atoms with Gasteiger partial charge in [-0.2, -0.15) is 0 Å². The number of hydrogen-bond acceptors (Lipinski definition) is 3. The SMILES string of the molecule is CC1CN(Cc2ccc(C(N)=O)cc2)CC(C)N1.Cl. The third-order valence-corrected chi connectivity index (χ3v) is 3.28. The number of hydrogen-bond donors (Lipinski definition) is 2. The first-order valence-corrected chi connectivity index (χ1v) is 6.41. The summed E-state index contributed by atoms with van der Waals surface area (Å²) in [4.78, 5) is 13.4. The van der Waals surface area contributed by atoms with Crippen molar-refractivity contribution in [2.45, 2.75) is 32.5 Å². The summed E-state index contributed by atoms with van der Waals surface area (Å²) in [6, 6.07) is 8.62. The summed E-state index contributed by atoms with van der Waals surface area (Å²) < 4.78 is 0. The van der Waals surface area contributed by atoms with E-state index in [1.165, 1.54) is 5.56 Å². The normalized spacial score (nSPS) is 23.7. The molecule has 1 aromatic carbocycles. The number of primary amides is 1. The van der Waals surface area contributed by atoms with Crippen LogP contribution in [0.5, 0.6) is 0 Å². The van der Waals surface area contributed by atoms with Gasteiger partial charge < -0.3 is 11.1 Å². The molecule has 0 spiro atoms. The van der Waals surface area contributed by atoms with Crippen molar-refractivity contribution in [1.82, 2.24) is 10.2 Å². The van der Waals surface area contributed by atoms with E-state index < -0.39 is 0 Å². The van der Waals surface area contributed by atoms with Crippen LogP contribution in [0.2, 0.25) is 0 Å². The molecule has 1 heterocycles. The van der Waals surface area contributed by atoms with Crippen molar-refractivity contribution in [1.29, 1.82) is 0 Å². The summed E-state index contributed by atoms with van der Waals surface area (Å²) in [5.74, 6) is -0.369. The number of nitrogens with two attached hydrogens (primary N) is 1. The Bertz CT molecular complexity index is 411. The van der Waals surface area contributed by atoms with Crippen LogP contribution in [0.4, 0.5) is 0 Å². The van der Waals surface area contributed by atoms with Crippen molar-refractivity contribution in [2.75, 3.05) is 13.1 Å². The first kappa shape index (κ1) is 16.0. The summed E-state index contributed by atoms with van der Waals surface area (Å²) in [5.41, 5.74) is 7.02. The molecule has 2 unspecified atom stereocenters. The molecule has 19 heavy (non-hydrogen) atoms. The quantitative estimate of drug-likeness (QED) is 0.881. The Kier molecular flexibility index (Phi) is 5.79. The van der Waals surface area contributed by atoms with Crippen LogP contribution in [0, 0.1) is 0 Å². The Balaban J connectivity index is 0.00000180. The van der Waals surface area contributed by atoms with E-state index >= 15 is 0 Å². The highest BCUT2D eigenvalue weighted by atomic mass is 35.5. The van der Waals surface area contributed by atoms with E-state index in [1.807, 2.05) is 12.1 Å². The smallest absolute Gasteiger partial charge is 0.248 e. The average molecular weight is 284 g/mol. The van der Waals surface area contributed by atoms with Crippen molar-refractivity contribution >= 4 is 18.3 Å². The Morgan fingerprint density at radius 3 is 2.26 bits per heavy atom. The highest BCUT2D eigenvalue weighted by Gasteiger charge is 2.20. The molecule has 0 bridgehead atoms. The molecular weight excluding hydrogens is 262 g/mol. The van der Waals surface area contributed by atoms with Crippen molar-refractivity contribution in [3.63, 3.8) is 0 Å². The monoisotopic (exact) mass is 283 g/mol.